The Bertz CT molecular complexity index is 548. The summed E-state index contributed by atoms with van der Waals surface area (Å²) in [6, 6.07) is 6.15. The second-order valence-electron chi connectivity index (χ2n) is 3.13. The predicted octanol–water partition coefficient (Wildman–Crippen LogP) is 3.47. The van der Waals surface area contributed by atoms with Crippen molar-refractivity contribution in [1.82, 2.24) is 0 Å². The summed E-state index contributed by atoms with van der Waals surface area (Å²) in [5, 5.41) is 20.6. The molecule has 2 rings (SSSR count). The van der Waals surface area contributed by atoms with E-state index in [2.05, 4.69) is 0 Å². The Morgan fingerprint density at radius 1 is 1.31 bits per heavy atom. The minimum absolute atomic E-state index is 0.123. The largest absolute Gasteiger partial charge is 0.507 e. The Labute approximate surface area is 101 Å². The zero-order valence-electron chi connectivity index (χ0n) is 7.98. The minimum Gasteiger partial charge on any atom is -0.507 e. The smallest absolute Gasteiger partial charge is 0.339 e. The first-order chi connectivity index (χ1) is 7.59. The lowest BCUT2D eigenvalue weighted by Gasteiger charge is -2.03. The van der Waals surface area contributed by atoms with E-state index in [1.165, 1.54) is 23.5 Å². The predicted molar refractivity (Wildman–Crippen MR) is 63.4 cm³/mol. The molecule has 0 aliphatic rings. The molecule has 2 aromatic rings. The molecule has 5 heteroatoms. The molecule has 2 N–H and O–H groups in total. The normalized spacial score (nSPS) is 10.3. The van der Waals surface area contributed by atoms with Gasteiger partial charge in [0.15, 0.2) is 0 Å². The third-order valence-corrected chi connectivity index (χ3v) is 3.50. The first-order valence-corrected chi connectivity index (χ1v) is 5.65. The van der Waals surface area contributed by atoms with Crippen molar-refractivity contribution in [1.29, 1.82) is 0 Å². The van der Waals surface area contributed by atoms with E-state index >= 15 is 0 Å². The second-order valence-corrected chi connectivity index (χ2v) is 4.46. The monoisotopic (exact) mass is 254 g/mol. The molecule has 0 radical (unpaired) electrons. The van der Waals surface area contributed by atoms with Crippen LogP contribution in [-0.2, 0) is 0 Å². The van der Waals surface area contributed by atoms with E-state index in [9.17, 15) is 9.90 Å². The molecule has 1 aromatic carbocycles. The van der Waals surface area contributed by atoms with Gasteiger partial charge in [0.2, 0.25) is 0 Å². The highest BCUT2D eigenvalue weighted by Crippen LogP contribution is 2.35. The molecule has 0 saturated heterocycles. The second kappa shape index (κ2) is 4.15. The summed E-state index contributed by atoms with van der Waals surface area (Å²) in [5.74, 6) is -1.41. The van der Waals surface area contributed by atoms with E-state index < -0.39 is 5.97 Å². The molecule has 82 valence electrons. The van der Waals surface area contributed by atoms with Crippen LogP contribution in [0.5, 0.6) is 5.75 Å². The van der Waals surface area contributed by atoms with Crippen molar-refractivity contribution in [3.05, 3.63) is 40.2 Å². The molecule has 0 bridgehead atoms. The van der Waals surface area contributed by atoms with Crippen LogP contribution in [0, 0.1) is 0 Å². The third-order valence-electron chi connectivity index (χ3n) is 2.11. The summed E-state index contributed by atoms with van der Waals surface area (Å²) >= 11 is 7.37. The van der Waals surface area contributed by atoms with Crippen molar-refractivity contribution >= 4 is 28.9 Å². The van der Waals surface area contributed by atoms with Crippen LogP contribution in [0.1, 0.15) is 10.4 Å². The highest BCUT2D eigenvalue weighted by molar-refractivity contribution is 7.14. The lowest BCUT2D eigenvalue weighted by Crippen LogP contribution is -1.96. The van der Waals surface area contributed by atoms with Gasteiger partial charge in [0, 0.05) is 0 Å². The van der Waals surface area contributed by atoms with Gasteiger partial charge in [-0.2, -0.15) is 0 Å². The fraction of sp³-hybridized carbons (Fsp3) is 0. The molecule has 0 aliphatic carbocycles. The molecule has 0 fully saturated rings. The average molecular weight is 255 g/mol. The molecule has 0 amide bonds. The minimum atomic E-state index is -1.16. The van der Waals surface area contributed by atoms with Crippen molar-refractivity contribution in [2.24, 2.45) is 0 Å². The average Bonchev–Trinajstić information content (AvgIpc) is 2.65. The number of thiophene rings is 1. The summed E-state index contributed by atoms with van der Waals surface area (Å²) in [5.41, 5.74) is 0.567. The standard InChI is InChI=1S/C11H7ClO3S/c12-8-3-4-16-10(8)6-1-2-9(13)7(5-6)11(14)15/h1-5,13H,(H,14,15). The number of aromatic hydroxyl groups is 1. The Hall–Kier alpha value is -1.52. The topological polar surface area (TPSA) is 57.5 Å². The van der Waals surface area contributed by atoms with Gasteiger partial charge in [0.05, 0.1) is 9.90 Å². The number of aromatic carboxylic acids is 1. The van der Waals surface area contributed by atoms with Gasteiger partial charge in [-0.25, -0.2) is 4.79 Å². The molecule has 0 unspecified atom stereocenters. The van der Waals surface area contributed by atoms with Gasteiger partial charge >= 0.3 is 5.97 Å². The van der Waals surface area contributed by atoms with Crippen molar-refractivity contribution in [2.45, 2.75) is 0 Å². The van der Waals surface area contributed by atoms with Crippen LogP contribution in [0.15, 0.2) is 29.6 Å². The highest BCUT2D eigenvalue weighted by atomic mass is 35.5. The van der Waals surface area contributed by atoms with Gasteiger partial charge in [-0.1, -0.05) is 11.6 Å². The zero-order chi connectivity index (χ0) is 11.7. The molecular weight excluding hydrogens is 248 g/mol. The summed E-state index contributed by atoms with van der Waals surface area (Å²) in [4.78, 5) is 11.6. The molecule has 1 heterocycles. The number of rotatable bonds is 2. The van der Waals surface area contributed by atoms with Gasteiger partial charge in [-0.3, -0.25) is 0 Å². The first kappa shape index (κ1) is 11.0. The van der Waals surface area contributed by atoms with E-state index in [1.54, 1.807) is 12.1 Å². The molecule has 0 aliphatic heterocycles. The third kappa shape index (κ3) is 1.89. The maximum absolute atomic E-state index is 10.8. The van der Waals surface area contributed by atoms with E-state index in [4.69, 9.17) is 16.7 Å². The SMILES string of the molecule is O=C(O)c1cc(-c2sccc2Cl)ccc1O. The van der Waals surface area contributed by atoms with Gasteiger partial charge in [0.1, 0.15) is 11.3 Å². The van der Waals surface area contributed by atoms with Gasteiger partial charge in [-0.05, 0) is 35.2 Å². The lowest BCUT2D eigenvalue weighted by molar-refractivity contribution is 0.0694. The number of hydrogen-bond acceptors (Lipinski definition) is 3. The Kier molecular flexibility index (Phi) is 2.85. The van der Waals surface area contributed by atoms with Crippen LogP contribution in [0.25, 0.3) is 10.4 Å². The molecular formula is C11H7ClO3S. The number of hydrogen-bond donors (Lipinski definition) is 2. The maximum atomic E-state index is 10.8. The van der Waals surface area contributed by atoms with Crippen LogP contribution in [-0.4, -0.2) is 16.2 Å². The number of halogens is 1. The molecule has 16 heavy (non-hydrogen) atoms. The summed E-state index contributed by atoms with van der Waals surface area (Å²) in [7, 11) is 0. The van der Waals surface area contributed by atoms with E-state index in [1.807, 2.05) is 5.38 Å². The fourth-order valence-corrected chi connectivity index (χ4v) is 2.51. The van der Waals surface area contributed by atoms with Gasteiger partial charge in [0.25, 0.3) is 0 Å². The van der Waals surface area contributed by atoms with Crippen LogP contribution < -0.4 is 0 Å². The molecule has 1 aromatic heterocycles. The van der Waals surface area contributed by atoms with Crippen molar-refractivity contribution < 1.29 is 15.0 Å². The van der Waals surface area contributed by atoms with Crippen molar-refractivity contribution in [3.8, 4) is 16.2 Å². The van der Waals surface area contributed by atoms with Crippen LogP contribution >= 0.6 is 22.9 Å². The van der Waals surface area contributed by atoms with E-state index in [-0.39, 0.29) is 11.3 Å². The fourth-order valence-electron chi connectivity index (χ4n) is 1.35. The Balaban J connectivity index is 2.56. The van der Waals surface area contributed by atoms with E-state index in [0.717, 1.165) is 4.88 Å². The number of carboxylic acids is 1. The quantitative estimate of drug-likeness (QED) is 0.863. The Morgan fingerprint density at radius 2 is 2.06 bits per heavy atom. The molecule has 3 nitrogen and oxygen atoms in total. The highest BCUT2D eigenvalue weighted by Gasteiger charge is 2.12. The lowest BCUT2D eigenvalue weighted by atomic mass is 10.1. The van der Waals surface area contributed by atoms with Crippen LogP contribution in [0.2, 0.25) is 5.02 Å². The van der Waals surface area contributed by atoms with Crippen LogP contribution in [0.4, 0.5) is 0 Å². The molecule has 0 saturated carbocycles. The first-order valence-electron chi connectivity index (χ1n) is 4.39. The van der Waals surface area contributed by atoms with E-state index in [0.29, 0.717) is 10.6 Å². The number of carboxylic acid groups (broad SMARTS) is 1. The Morgan fingerprint density at radius 3 is 2.62 bits per heavy atom. The number of phenols is 1. The number of benzene rings is 1. The summed E-state index contributed by atoms with van der Waals surface area (Å²) in [6.07, 6.45) is 0. The zero-order valence-corrected chi connectivity index (χ0v) is 9.55. The van der Waals surface area contributed by atoms with Crippen LogP contribution in [0.3, 0.4) is 0 Å². The molecule has 0 spiro atoms. The van der Waals surface area contributed by atoms with Crippen molar-refractivity contribution in [2.75, 3.05) is 0 Å². The van der Waals surface area contributed by atoms with Crippen molar-refractivity contribution in [3.63, 3.8) is 0 Å². The number of carbonyl (C=O) groups is 1. The summed E-state index contributed by atoms with van der Waals surface area (Å²) in [6.45, 7) is 0. The summed E-state index contributed by atoms with van der Waals surface area (Å²) < 4.78 is 0. The van der Waals surface area contributed by atoms with Gasteiger partial charge < -0.3 is 10.2 Å². The molecule has 0 atom stereocenters. The maximum Gasteiger partial charge on any atom is 0.339 e. The van der Waals surface area contributed by atoms with Gasteiger partial charge in [-0.15, -0.1) is 11.3 Å².